The van der Waals surface area contributed by atoms with E-state index >= 15 is 0 Å². The Hall–Kier alpha value is -1.09. The van der Waals surface area contributed by atoms with Gasteiger partial charge in [0.15, 0.2) is 0 Å². The molecule has 0 atom stereocenters. The second-order valence-corrected chi connectivity index (χ2v) is 4.45. The summed E-state index contributed by atoms with van der Waals surface area (Å²) in [4.78, 5) is 10.8. The van der Waals surface area contributed by atoms with Gasteiger partial charge in [0.25, 0.3) is 0 Å². The molecule has 0 heterocycles. The minimum atomic E-state index is -4.50. The largest absolute Gasteiger partial charge is 0.478 e. The van der Waals surface area contributed by atoms with Crippen LogP contribution in [0.4, 0.5) is 0 Å². The van der Waals surface area contributed by atoms with Crippen molar-refractivity contribution in [2.24, 2.45) is 0 Å². The monoisotopic (exact) mass is 250 g/mol. The Morgan fingerprint density at radius 3 is 2.20 bits per heavy atom. The van der Waals surface area contributed by atoms with Crippen LogP contribution in [0.25, 0.3) is 0 Å². The molecule has 6 nitrogen and oxygen atoms in total. The van der Waals surface area contributed by atoms with Gasteiger partial charge in [-0.3, -0.25) is 4.55 Å². The van der Waals surface area contributed by atoms with Crippen molar-refractivity contribution in [1.29, 1.82) is 0 Å². The van der Waals surface area contributed by atoms with E-state index in [1.165, 1.54) is 24.3 Å². The summed E-state index contributed by atoms with van der Waals surface area (Å²) in [6, 6.07) is 5.30. The van der Waals surface area contributed by atoms with Gasteiger partial charge in [0.1, 0.15) is 0 Å². The lowest BCUT2D eigenvalue weighted by Gasteiger charge is -1.99. The minimum absolute atomic E-state index is 0.0752. The van der Waals surface area contributed by atoms with Crippen LogP contribution in [0, 0.1) is 0 Å². The highest BCUT2D eigenvalue weighted by atomic mass is 32.3. The molecule has 0 saturated heterocycles. The maximum atomic E-state index is 10.5. The molecule has 82 valence electrons. The first-order valence-corrected chi connectivity index (χ1v) is 5.66. The average molecular weight is 250 g/mol. The minimum Gasteiger partial charge on any atom is -0.478 e. The first-order valence-electron chi connectivity index (χ1n) is 3.55. The summed E-state index contributed by atoms with van der Waals surface area (Å²) in [6.07, 6.45) is 0. The fourth-order valence-electron chi connectivity index (χ4n) is 0.735. The number of carboxylic acids is 1. The Balaban J connectivity index is 2.69. The van der Waals surface area contributed by atoms with Gasteiger partial charge < -0.3 is 5.11 Å². The van der Waals surface area contributed by atoms with Gasteiger partial charge in [-0.05, 0) is 24.3 Å². The molecule has 1 rings (SSSR count). The molecule has 0 aromatic heterocycles. The molecule has 0 saturated carbocycles. The molecule has 1 aromatic carbocycles. The first-order chi connectivity index (χ1) is 6.88. The van der Waals surface area contributed by atoms with E-state index in [4.69, 9.17) is 9.66 Å². The smallest absolute Gasteiger partial charge is 0.408 e. The second-order valence-electron chi connectivity index (χ2n) is 2.41. The van der Waals surface area contributed by atoms with Crippen LogP contribution in [0.2, 0.25) is 0 Å². The zero-order chi connectivity index (χ0) is 11.5. The number of hydrogen-bond acceptors (Lipinski definition) is 5. The fraction of sp³-hybridized carbons (Fsp3) is 0. The third-order valence-corrected chi connectivity index (χ3v) is 2.74. The van der Waals surface area contributed by atoms with E-state index < -0.39 is 16.4 Å². The van der Waals surface area contributed by atoms with Gasteiger partial charge in [0, 0.05) is 4.90 Å². The molecule has 2 N–H and O–H groups in total. The summed E-state index contributed by atoms with van der Waals surface area (Å²) < 4.78 is 32.7. The Bertz CT molecular complexity index is 449. The Kier molecular flexibility index (Phi) is 3.69. The molecule has 15 heavy (non-hydrogen) atoms. The molecule has 0 bridgehead atoms. The van der Waals surface area contributed by atoms with Crippen molar-refractivity contribution >= 4 is 28.4 Å². The molecular weight excluding hydrogens is 244 g/mol. The summed E-state index contributed by atoms with van der Waals surface area (Å²) in [7, 11) is -4.50. The predicted octanol–water partition coefficient (Wildman–Crippen LogP) is 1.21. The number of aromatic carboxylic acids is 1. The van der Waals surface area contributed by atoms with Crippen LogP contribution >= 0.6 is 12.0 Å². The van der Waals surface area contributed by atoms with E-state index in [0.717, 1.165) is 0 Å². The molecule has 0 aliphatic heterocycles. The molecule has 8 heteroatoms. The molecule has 0 spiro atoms. The highest BCUT2D eigenvalue weighted by Crippen LogP contribution is 2.21. The fourth-order valence-corrected chi connectivity index (χ4v) is 1.64. The predicted molar refractivity (Wildman–Crippen MR) is 51.9 cm³/mol. The summed E-state index contributed by atoms with van der Waals surface area (Å²) in [5.74, 6) is -1.08. The normalized spacial score (nSPS) is 11.3. The van der Waals surface area contributed by atoms with Gasteiger partial charge in [-0.1, -0.05) is 0 Å². The lowest BCUT2D eigenvalue weighted by atomic mass is 10.2. The molecule has 0 fully saturated rings. The zero-order valence-electron chi connectivity index (χ0n) is 7.15. The van der Waals surface area contributed by atoms with Crippen LogP contribution in [0.3, 0.4) is 0 Å². The van der Waals surface area contributed by atoms with Gasteiger partial charge >= 0.3 is 16.4 Å². The van der Waals surface area contributed by atoms with Crippen LogP contribution in [0.1, 0.15) is 10.4 Å². The Labute approximate surface area is 90.0 Å². The van der Waals surface area contributed by atoms with Crippen molar-refractivity contribution in [3.05, 3.63) is 29.8 Å². The van der Waals surface area contributed by atoms with Crippen LogP contribution < -0.4 is 0 Å². The highest BCUT2D eigenvalue weighted by Gasteiger charge is 2.07. The summed E-state index contributed by atoms with van der Waals surface area (Å²) in [6.45, 7) is 0. The van der Waals surface area contributed by atoms with Crippen molar-refractivity contribution in [3.63, 3.8) is 0 Å². The number of carboxylic acid groups (broad SMARTS) is 1. The van der Waals surface area contributed by atoms with E-state index in [2.05, 4.69) is 3.63 Å². The van der Waals surface area contributed by atoms with E-state index in [1.54, 1.807) is 0 Å². The van der Waals surface area contributed by atoms with E-state index in [1.807, 2.05) is 0 Å². The van der Waals surface area contributed by atoms with Gasteiger partial charge in [-0.2, -0.15) is 12.0 Å². The van der Waals surface area contributed by atoms with E-state index in [0.29, 0.717) is 16.9 Å². The number of benzene rings is 1. The van der Waals surface area contributed by atoms with E-state index in [9.17, 15) is 13.2 Å². The Morgan fingerprint density at radius 2 is 1.80 bits per heavy atom. The summed E-state index contributed by atoms with van der Waals surface area (Å²) in [5.41, 5.74) is 0.0752. The average Bonchev–Trinajstić information content (AvgIpc) is 2.14. The molecule has 0 aliphatic rings. The topological polar surface area (TPSA) is 101 Å². The standard InChI is InChI=1S/C7H6O6S2/c8-7(9)5-1-3-6(4-2-5)14-13-15(10,11)12/h1-4H,(H,8,9)(H,10,11,12). The molecule has 0 aliphatic carbocycles. The van der Waals surface area contributed by atoms with Crippen LogP contribution in [0.15, 0.2) is 29.2 Å². The third kappa shape index (κ3) is 4.30. The van der Waals surface area contributed by atoms with Crippen molar-refractivity contribution < 1.29 is 26.5 Å². The van der Waals surface area contributed by atoms with Gasteiger partial charge in [0.05, 0.1) is 17.6 Å². The maximum absolute atomic E-state index is 10.5. The van der Waals surface area contributed by atoms with Gasteiger partial charge in [-0.15, -0.1) is 0 Å². The lowest BCUT2D eigenvalue weighted by Crippen LogP contribution is -1.97. The molecule has 0 amide bonds. The molecule has 0 radical (unpaired) electrons. The summed E-state index contributed by atoms with van der Waals surface area (Å²) >= 11 is 0.417. The molecular formula is C7H6O6S2. The molecule has 1 aromatic rings. The number of carbonyl (C=O) groups is 1. The lowest BCUT2D eigenvalue weighted by molar-refractivity contribution is 0.0696. The first kappa shape index (κ1) is 12.0. The van der Waals surface area contributed by atoms with Crippen LogP contribution in [-0.2, 0) is 14.0 Å². The SMILES string of the molecule is O=C(O)c1ccc(SOS(=O)(=O)O)cc1. The van der Waals surface area contributed by atoms with Gasteiger partial charge in [0.2, 0.25) is 0 Å². The zero-order valence-corrected chi connectivity index (χ0v) is 8.79. The number of rotatable bonds is 4. The van der Waals surface area contributed by atoms with Gasteiger partial charge in [-0.25, -0.2) is 4.79 Å². The third-order valence-electron chi connectivity index (χ3n) is 1.32. The molecule has 0 unspecified atom stereocenters. The van der Waals surface area contributed by atoms with Crippen molar-refractivity contribution in [3.8, 4) is 0 Å². The van der Waals surface area contributed by atoms with Crippen molar-refractivity contribution in [2.45, 2.75) is 4.90 Å². The maximum Gasteiger partial charge on any atom is 0.408 e. The van der Waals surface area contributed by atoms with E-state index in [-0.39, 0.29) is 5.56 Å². The van der Waals surface area contributed by atoms with Crippen LogP contribution in [-0.4, -0.2) is 24.0 Å². The van der Waals surface area contributed by atoms with Crippen molar-refractivity contribution in [1.82, 2.24) is 0 Å². The highest BCUT2D eigenvalue weighted by molar-refractivity contribution is 8.02. The summed E-state index contributed by atoms with van der Waals surface area (Å²) in [5, 5.41) is 8.56. The second kappa shape index (κ2) is 4.62. The number of hydrogen-bond donors (Lipinski definition) is 2. The Morgan fingerprint density at radius 1 is 1.27 bits per heavy atom. The van der Waals surface area contributed by atoms with Crippen LogP contribution in [0.5, 0.6) is 0 Å². The van der Waals surface area contributed by atoms with Crippen molar-refractivity contribution in [2.75, 3.05) is 0 Å². The quantitative estimate of drug-likeness (QED) is 0.611.